The predicted octanol–water partition coefficient (Wildman–Crippen LogP) is 2.65. The zero-order valence-electron chi connectivity index (χ0n) is 14.1. The largest absolute Gasteiger partial charge is 0.323 e. The van der Waals surface area contributed by atoms with E-state index in [1.165, 1.54) is 0 Å². The van der Waals surface area contributed by atoms with Crippen molar-refractivity contribution in [2.75, 3.05) is 11.1 Å². The second-order valence-corrected chi connectivity index (χ2v) is 6.37. The highest BCUT2D eigenvalue weighted by atomic mass is 32.2. The highest BCUT2D eigenvalue weighted by molar-refractivity contribution is 7.99. The van der Waals surface area contributed by atoms with Gasteiger partial charge in [0.1, 0.15) is 18.2 Å². The molecule has 0 spiro atoms. The number of hydrogen-bond acceptors (Lipinski definition) is 5. The van der Waals surface area contributed by atoms with E-state index in [0.29, 0.717) is 16.9 Å². The Morgan fingerprint density at radius 2 is 2.16 bits per heavy atom. The van der Waals surface area contributed by atoms with Crippen LogP contribution in [-0.2, 0) is 11.3 Å². The van der Waals surface area contributed by atoms with E-state index in [2.05, 4.69) is 17.0 Å². The van der Waals surface area contributed by atoms with Gasteiger partial charge in [-0.2, -0.15) is 10.4 Å². The number of carbonyl (C=O) groups is 1. The summed E-state index contributed by atoms with van der Waals surface area (Å²) in [6.07, 6.45) is 1.78. The number of benzene rings is 1. The maximum Gasteiger partial charge on any atom is 0.285 e. The molecule has 0 saturated heterocycles. The molecule has 0 saturated carbocycles. The molecule has 1 aromatic heterocycles. The molecule has 2 aromatic rings. The second-order valence-electron chi connectivity index (χ2n) is 5.30. The minimum atomic E-state index is -0.560. The van der Waals surface area contributed by atoms with Crippen LogP contribution in [-0.4, -0.2) is 21.4 Å². The van der Waals surface area contributed by atoms with Crippen LogP contribution in [0.1, 0.15) is 16.8 Å². The quantitative estimate of drug-likeness (QED) is 0.636. The number of rotatable bonds is 6. The van der Waals surface area contributed by atoms with Gasteiger partial charge in [-0.1, -0.05) is 18.2 Å². The van der Waals surface area contributed by atoms with Gasteiger partial charge in [0.2, 0.25) is 5.91 Å². The normalized spacial score (nSPS) is 10.1. The van der Waals surface area contributed by atoms with Crippen molar-refractivity contribution in [2.45, 2.75) is 25.3 Å². The van der Waals surface area contributed by atoms with Crippen LogP contribution in [0.3, 0.4) is 0 Å². The van der Waals surface area contributed by atoms with Crippen LogP contribution < -0.4 is 10.9 Å². The summed E-state index contributed by atoms with van der Waals surface area (Å²) in [6, 6.07) is 9.28. The van der Waals surface area contributed by atoms with E-state index >= 15 is 0 Å². The van der Waals surface area contributed by atoms with Crippen LogP contribution >= 0.6 is 11.8 Å². The first kappa shape index (κ1) is 18.5. The molecule has 0 bridgehead atoms. The van der Waals surface area contributed by atoms with Crippen LogP contribution in [0.25, 0.3) is 0 Å². The molecule has 0 atom stereocenters. The third kappa shape index (κ3) is 4.37. The molecule has 0 fully saturated rings. The van der Waals surface area contributed by atoms with Gasteiger partial charge in [0, 0.05) is 10.6 Å². The molecular weight excluding hydrogens is 336 g/mol. The highest BCUT2D eigenvalue weighted by Gasteiger charge is 2.14. The number of nitrogens with one attached hydrogen (secondary N) is 1. The van der Waals surface area contributed by atoms with Crippen LogP contribution in [0.2, 0.25) is 0 Å². The lowest BCUT2D eigenvalue weighted by Crippen LogP contribution is -2.32. The Hall–Kier alpha value is -2.85. The number of thioether (sulfide) groups is 1. The van der Waals surface area contributed by atoms with Gasteiger partial charge in [0.05, 0.1) is 11.4 Å². The number of para-hydroxylation sites is 1. The minimum absolute atomic E-state index is 0.0160. The highest BCUT2D eigenvalue weighted by Crippen LogP contribution is 2.26. The fraction of sp³-hybridized carbons (Fsp3) is 0.222. The van der Waals surface area contributed by atoms with E-state index < -0.39 is 5.56 Å². The Kier molecular flexibility index (Phi) is 6.14. The van der Waals surface area contributed by atoms with Gasteiger partial charge < -0.3 is 5.32 Å². The van der Waals surface area contributed by atoms with Gasteiger partial charge in [0.15, 0.2) is 0 Å². The maximum atomic E-state index is 12.3. The number of nitriles is 1. The lowest BCUT2D eigenvalue weighted by molar-refractivity contribution is -0.117. The van der Waals surface area contributed by atoms with Crippen molar-refractivity contribution in [1.29, 1.82) is 5.26 Å². The summed E-state index contributed by atoms with van der Waals surface area (Å²) in [5, 5.41) is 16.0. The smallest absolute Gasteiger partial charge is 0.285 e. The number of amides is 1. The Morgan fingerprint density at radius 1 is 1.44 bits per heavy atom. The fourth-order valence-electron chi connectivity index (χ4n) is 2.18. The molecule has 1 aromatic carbocycles. The zero-order valence-corrected chi connectivity index (χ0v) is 14.9. The summed E-state index contributed by atoms with van der Waals surface area (Å²) in [5.74, 6) is 0.338. The van der Waals surface area contributed by atoms with Crippen molar-refractivity contribution in [3.8, 4) is 6.07 Å². The lowest BCUT2D eigenvalue weighted by atomic mass is 10.1. The molecule has 128 valence electrons. The first-order valence-corrected chi connectivity index (χ1v) is 8.57. The number of nitrogens with zero attached hydrogens (tertiary/aromatic N) is 3. The minimum Gasteiger partial charge on any atom is -0.323 e. The van der Waals surface area contributed by atoms with Gasteiger partial charge >= 0.3 is 0 Å². The molecule has 0 aliphatic rings. The average Bonchev–Trinajstić information content (AvgIpc) is 2.59. The van der Waals surface area contributed by atoms with E-state index in [1.54, 1.807) is 37.8 Å². The molecule has 6 nitrogen and oxygen atoms in total. The molecule has 0 unspecified atom stereocenters. The maximum absolute atomic E-state index is 12.3. The second kappa shape index (κ2) is 8.31. The fourth-order valence-corrected chi connectivity index (χ4v) is 2.93. The number of carbonyl (C=O) groups excluding carboxylic acids is 1. The van der Waals surface area contributed by atoms with Crippen molar-refractivity contribution < 1.29 is 4.79 Å². The molecule has 25 heavy (non-hydrogen) atoms. The van der Waals surface area contributed by atoms with E-state index in [1.807, 2.05) is 24.3 Å². The molecule has 0 radical (unpaired) electrons. The Balaban J connectivity index is 2.22. The number of anilines is 1. The van der Waals surface area contributed by atoms with Crippen molar-refractivity contribution in [2.24, 2.45) is 0 Å². The first-order valence-electron chi connectivity index (χ1n) is 7.59. The Bertz CT molecular complexity index is 912. The van der Waals surface area contributed by atoms with Crippen LogP contribution in [0.15, 0.2) is 46.6 Å². The van der Waals surface area contributed by atoms with Crippen molar-refractivity contribution in [1.82, 2.24) is 9.78 Å². The van der Waals surface area contributed by atoms with Gasteiger partial charge in [-0.25, -0.2) is 4.68 Å². The molecular formula is C18H18N4O2S. The third-order valence-electron chi connectivity index (χ3n) is 3.56. The van der Waals surface area contributed by atoms with Gasteiger partial charge in [-0.3, -0.25) is 9.59 Å². The summed E-state index contributed by atoms with van der Waals surface area (Å²) >= 11 is 1.55. The summed E-state index contributed by atoms with van der Waals surface area (Å²) in [6.45, 7) is 6.79. The van der Waals surface area contributed by atoms with Gasteiger partial charge in [0.25, 0.3) is 5.56 Å². The molecule has 0 aliphatic heterocycles. The molecule has 2 rings (SSSR count). The van der Waals surface area contributed by atoms with Crippen LogP contribution in [0.4, 0.5) is 5.69 Å². The van der Waals surface area contributed by atoms with Gasteiger partial charge in [-0.05, 0) is 31.5 Å². The molecule has 1 heterocycles. The van der Waals surface area contributed by atoms with E-state index in [4.69, 9.17) is 5.26 Å². The first-order chi connectivity index (χ1) is 12.0. The SMILES string of the molecule is C=CCSc1ccccc1NC(=O)Cn1nc(C)c(C)c(C#N)c1=O. The molecule has 1 N–H and O–H groups in total. The monoisotopic (exact) mass is 354 g/mol. The summed E-state index contributed by atoms with van der Waals surface area (Å²) < 4.78 is 1.02. The number of hydrogen-bond donors (Lipinski definition) is 1. The summed E-state index contributed by atoms with van der Waals surface area (Å²) in [4.78, 5) is 25.5. The number of aryl methyl sites for hydroxylation is 1. The van der Waals surface area contributed by atoms with Crippen LogP contribution in [0.5, 0.6) is 0 Å². The van der Waals surface area contributed by atoms with E-state index in [0.717, 1.165) is 15.3 Å². The lowest BCUT2D eigenvalue weighted by Gasteiger charge is -2.12. The van der Waals surface area contributed by atoms with Gasteiger partial charge in [-0.15, -0.1) is 18.3 Å². The third-order valence-corrected chi connectivity index (χ3v) is 4.63. The molecule has 7 heteroatoms. The summed E-state index contributed by atoms with van der Waals surface area (Å²) in [5.41, 5.74) is 1.20. The summed E-state index contributed by atoms with van der Waals surface area (Å²) in [7, 11) is 0. The molecule has 1 amide bonds. The zero-order chi connectivity index (χ0) is 18.4. The molecule has 0 aliphatic carbocycles. The van der Waals surface area contributed by atoms with Crippen molar-refractivity contribution >= 4 is 23.4 Å². The van der Waals surface area contributed by atoms with Crippen molar-refractivity contribution in [3.63, 3.8) is 0 Å². The van der Waals surface area contributed by atoms with Crippen molar-refractivity contribution in [3.05, 3.63) is 64.1 Å². The van der Waals surface area contributed by atoms with E-state index in [9.17, 15) is 9.59 Å². The average molecular weight is 354 g/mol. The number of aromatic nitrogens is 2. The predicted molar refractivity (Wildman–Crippen MR) is 98.7 cm³/mol. The Labute approximate surface area is 150 Å². The van der Waals surface area contributed by atoms with Crippen LogP contribution in [0, 0.1) is 25.2 Å². The van der Waals surface area contributed by atoms with E-state index in [-0.39, 0.29) is 18.0 Å². The standard InChI is InChI=1S/C18H18N4O2S/c1-4-9-25-16-8-6-5-7-15(16)20-17(23)11-22-18(24)14(10-19)12(2)13(3)21-22/h4-8H,1,9,11H2,2-3H3,(H,20,23). The topological polar surface area (TPSA) is 87.8 Å². The Morgan fingerprint density at radius 3 is 2.84 bits per heavy atom.